The van der Waals surface area contributed by atoms with Crippen molar-refractivity contribution in [3.8, 4) is 0 Å². The van der Waals surface area contributed by atoms with Crippen LogP contribution < -0.4 is 5.32 Å². The number of piperidine rings is 1. The van der Waals surface area contributed by atoms with Gasteiger partial charge >= 0.3 is 0 Å². The predicted molar refractivity (Wildman–Crippen MR) is 65.3 cm³/mol. The maximum atomic E-state index is 4.35. The highest BCUT2D eigenvalue weighted by molar-refractivity contribution is 5.84. The van der Waals surface area contributed by atoms with E-state index in [0.29, 0.717) is 11.6 Å². The summed E-state index contributed by atoms with van der Waals surface area (Å²) in [7, 11) is 0. The summed E-state index contributed by atoms with van der Waals surface area (Å²) in [6, 6.07) is 0. The number of rotatable bonds is 1. The van der Waals surface area contributed by atoms with Crippen LogP contribution in [0.1, 0.15) is 24.6 Å². The summed E-state index contributed by atoms with van der Waals surface area (Å²) in [5, 5.41) is 12.0. The molecule has 0 spiro atoms. The number of aromatic amines is 1. The van der Waals surface area contributed by atoms with E-state index in [1.807, 2.05) is 4.40 Å². The van der Waals surface area contributed by atoms with Gasteiger partial charge in [0.25, 0.3) is 0 Å². The summed E-state index contributed by atoms with van der Waals surface area (Å²) in [4.78, 5) is 11.5. The van der Waals surface area contributed by atoms with Gasteiger partial charge in [0.15, 0.2) is 11.3 Å². The third kappa shape index (κ3) is 1.34. The Morgan fingerprint density at radius 1 is 1.17 bits per heavy atom. The topological polar surface area (TPSA) is 83.8 Å². The van der Waals surface area contributed by atoms with Gasteiger partial charge in [-0.3, -0.25) is 4.40 Å². The molecule has 0 bridgehead atoms. The summed E-state index contributed by atoms with van der Waals surface area (Å²) >= 11 is 0. The van der Waals surface area contributed by atoms with Crippen LogP contribution in [0.4, 0.5) is 0 Å². The number of fused-ring (bicyclic) bond motifs is 3. The molecule has 0 unspecified atom stereocenters. The van der Waals surface area contributed by atoms with Crippen molar-refractivity contribution in [3.05, 3.63) is 18.5 Å². The number of H-pyrrole nitrogens is 1. The molecule has 7 nitrogen and oxygen atoms in total. The molecule has 7 heteroatoms. The highest BCUT2D eigenvalue weighted by Gasteiger charge is 2.21. The molecular weight excluding hydrogens is 230 g/mol. The van der Waals surface area contributed by atoms with Crippen molar-refractivity contribution in [1.29, 1.82) is 0 Å². The minimum absolute atomic E-state index is 0.462. The highest BCUT2D eigenvalue weighted by atomic mass is 15.3. The monoisotopic (exact) mass is 243 g/mol. The summed E-state index contributed by atoms with van der Waals surface area (Å²) in [6.45, 7) is 2.08. The maximum Gasteiger partial charge on any atom is 0.189 e. The van der Waals surface area contributed by atoms with E-state index in [0.717, 1.165) is 42.9 Å². The van der Waals surface area contributed by atoms with Crippen LogP contribution in [-0.2, 0) is 0 Å². The summed E-state index contributed by atoms with van der Waals surface area (Å²) in [5.41, 5.74) is 2.35. The van der Waals surface area contributed by atoms with Crippen molar-refractivity contribution in [3.63, 3.8) is 0 Å². The Bertz CT molecular complexity index is 692. The van der Waals surface area contributed by atoms with Gasteiger partial charge in [-0.2, -0.15) is 0 Å². The van der Waals surface area contributed by atoms with Crippen LogP contribution in [0.25, 0.3) is 16.8 Å². The number of hydrogen-bond donors (Lipinski definition) is 2. The average molecular weight is 243 g/mol. The second-order valence-corrected chi connectivity index (χ2v) is 4.62. The summed E-state index contributed by atoms with van der Waals surface area (Å²) in [6.07, 6.45) is 5.61. The lowest BCUT2D eigenvalue weighted by atomic mass is 9.97. The van der Waals surface area contributed by atoms with Crippen molar-refractivity contribution < 1.29 is 0 Å². The molecule has 1 aliphatic heterocycles. The van der Waals surface area contributed by atoms with Gasteiger partial charge in [-0.25, -0.2) is 9.97 Å². The van der Waals surface area contributed by atoms with Gasteiger partial charge in [0, 0.05) is 5.92 Å². The van der Waals surface area contributed by atoms with E-state index in [4.69, 9.17) is 0 Å². The van der Waals surface area contributed by atoms with Gasteiger partial charge in [-0.1, -0.05) is 0 Å². The van der Waals surface area contributed by atoms with E-state index in [9.17, 15) is 0 Å². The van der Waals surface area contributed by atoms with Gasteiger partial charge < -0.3 is 10.3 Å². The molecule has 0 aliphatic carbocycles. The molecule has 0 saturated carbocycles. The molecule has 92 valence electrons. The molecule has 3 aromatic heterocycles. The lowest BCUT2D eigenvalue weighted by molar-refractivity contribution is 0.442. The van der Waals surface area contributed by atoms with Crippen LogP contribution in [-0.4, -0.2) is 42.6 Å². The fraction of sp³-hybridized carbons (Fsp3) is 0.455. The van der Waals surface area contributed by atoms with E-state index in [1.54, 1.807) is 12.7 Å². The van der Waals surface area contributed by atoms with Crippen LogP contribution in [0.5, 0.6) is 0 Å². The normalized spacial score (nSPS) is 17.8. The van der Waals surface area contributed by atoms with Crippen molar-refractivity contribution in [2.45, 2.75) is 18.8 Å². The van der Waals surface area contributed by atoms with Crippen molar-refractivity contribution >= 4 is 16.8 Å². The molecule has 0 atom stereocenters. The number of nitrogens with zero attached hydrogens (tertiary/aromatic N) is 5. The molecule has 1 saturated heterocycles. The third-order valence-electron chi connectivity index (χ3n) is 3.56. The fourth-order valence-corrected chi connectivity index (χ4v) is 2.61. The molecule has 0 aromatic carbocycles. The lowest BCUT2D eigenvalue weighted by Gasteiger charge is -2.20. The molecule has 4 rings (SSSR count). The molecule has 1 aliphatic rings. The second-order valence-electron chi connectivity index (χ2n) is 4.62. The van der Waals surface area contributed by atoms with Crippen LogP contribution >= 0.6 is 0 Å². The Labute approximate surface area is 103 Å². The first-order valence-corrected chi connectivity index (χ1v) is 6.17. The van der Waals surface area contributed by atoms with Crippen molar-refractivity contribution in [2.24, 2.45) is 0 Å². The van der Waals surface area contributed by atoms with E-state index in [-0.39, 0.29) is 0 Å². The van der Waals surface area contributed by atoms with E-state index in [2.05, 4.69) is 30.5 Å². The molecule has 2 N–H and O–H groups in total. The average Bonchev–Trinajstić information content (AvgIpc) is 3.05. The zero-order chi connectivity index (χ0) is 11.9. The zero-order valence-corrected chi connectivity index (χ0v) is 9.80. The first kappa shape index (κ1) is 9.95. The SMILES string of the molecule is c1nc2ncn3c(C4CCNCC4)nnc3c2[nH]1. The maximum absolute atomic E-state index is 4.35. The quantitative estimate of drug-likeness (QED) is 0.649. The number of hydrogen-bond acceptors (Lipinski definition) is 5. The first-order chi connectivity index (χ1) is 8.93. The Kier molecular flexibility index (Phi) is 2.07. The Balaban J connectivity index is 1.90. The van der Waals surface area contributed by atoms with Gasteiger partial charge in [0.2, 0.25) is 0 Å². The predicted octanol–water partition coefficient (Wildman–Crippen LogP) is 0.468. The van der Waals surface area contributed by atoms with Crippen LogP contribution in [0.15, 0.2) is 12.7 Å². The minimum Gasteiger partial charge on any atom is -0.340 e. The molecular formula is C11H13N7. The molecule has 0 amide bonds. The van der Waals surface area contributed by atoms with Gasteiger partial charge in [-0.05, 0) is 25.9 Å². The van der Waals surface area contributed by atoms with E-state index >= 15 is 0 Å². The molecule has 0 radical (unpaired) electrons. The Morgan fingerprint density at radius 2 is 2.06 bits per heavy atom. The van der Waals surface area contributed by atoms with E-state index in [1.165, 1.54) is 0 Å². The second kappa shape index (κ2) is 3.74. The van der Waals surface area contributed by atoms with Crippen LogP contribution in [0.3, 0.4) is 0 Å². The minimum atomic E-state index is 0.462. The molecule has 18 heavy (non-hydrogen) atoms. The highest BCUT2D eigenvalue weighted by Crippen LogP contribution is 2.25. The lowest BCUT2D eigenvalue weighted by Crippen LogP contribution is -2.27. The number of aromatic nitrogens is 6. The standard InChI is InChI=1S/C11H13N7/c1-3-12-4-2-7(1)10-16-17-11-8-9(14-5-13-8)15-6-18(10)11/h5-7,12H,1-4H2,(H,13,14). The van der Waals surface area contributed by atoms with Gasteiger partial charge in [0.05, 0.1) is 6.33 Å². The summed E-state index contributed by atoms with van der Waals surface area (Å²) in [5.74, 6) is 1.47. The van der Waals surface area contributed by atoms with Crippen LogP contribution in [0.2, 0.25) is 0 Å². The molecule has 1 fully saturated rings. The number of nitrogens with one attached hydrogen (secondary N) is 2. The summed E-state index contributed by atoms with van der Waals surface area (Å²) < 4.78 is 1.98. The Hall–Kier alpha value is -2.02. The molecule has 4 heterocycles. The van der Waals surface area contributed by atoms with E-state index < -0.39 is 0 Å². The molecule has 3 aromatic rings. The van der Waals surface area contributed by atoms with Crippen molar-refractivity contribution in [2.75, 3.05) is 13.1 Å². The van der Waals surface area contributed by atoms with Crippen LogP contribution in [0, 0.1) is 0 Å². The first-order valence-electron chi connectivity index (χ1n) is 6.17. The smallest absolute Gasteiger partial charge is 0.189 e. The van der Waals surface area contributed by atoms with Gasteiger partial charge in [-0.15, -0.1) is 10.2 Å². The number of imidazole rings is 1. The van der Waals surface area contributed by atoms with Gasteiger partial charge in [0.1, 0.15) is 17.7 Å². The largest absolute Gasteiger partial charge is 0.340 e. The zero-order valence-electron chi connectivity index (χ0n) is 9.80. The van der Waals surface area contributed by atoms with Crippen molar-refractivity contribution in [1.82, 2.24) is 34.9 Å². The third-order valence-corrected chi connectivity index (χ3v) is 3.56. The fourth-order valence-electron chi connectivity index (χ4n) is 2.61. The Morgan fingerprint density at radius 3 is 2.94 bits per heavy atom.